The van der Waals surface area contributed by atoms with E-state index in [1.54, 1.807) is 6.07 Å². The van der Waals surface area contributed by atoms with Gasteiger partial charge < -0.3 is 10.4 Å². The first-order valence-corrected chi connectivity index (χ1v) is 7.09. The van der Waals surface area contributed by atoms with Crippen molar-refractivity contribution in [3.05, 3.63) is 27.7 Å². The Bertz CT molecular complexity index is 609. The van der Waals surface area contributed by atoms with Gasteiger partial charge in [0.1, 0.15) is 12.6 Å². The number of amides is 1. The predicted molar refractivity (Wildman–Crippen MR) is 75.0 cm³/mol. The molecule has 1 aliphatic carbocycles. The van der Waals surface area contributed by atoms with Gasteiger partial charge in [-0.1, -0.05) is 6.42 Å². The first-order chi connectivity index (χ1) is 9.97. The number of carboxylic acid groups (broad SMARTS) is 1. The summed E-state index contributed by atoms with van der Waals surface area (Å²) in [7, 11) is 0. The summed E-state index contributed by atoms with van der Waals surface area (Å²) in [6.45, 7) is 1.11. The van der Waals surface area contributed by atoms with Crippen LogP contribution in [0.5, 0.6) is 0 Å². The number of carboxylic acids is 1. The zero-order valence-corrected chi connectivity index (χ0v) is 12.0. The fraction of sp³-hybridized carbons (Fsp3) is 0.571. The molecule has 114 valence electrons. The van der Waals surface area contributed by atoms with Crippen LogP contribution in [-0.4, -0.2) is 32.8 Å². The summed E-state index contributed by atoms with van der Waals surface area (Å²) >= 11 is 0. The van der Waals surface area contributed by atoms with E-state index in [0.717, 1.165) is 48.0 Å². The molecule has 0 saturated heterocycles. The van der Waals surface area contributed by atoms with E-state index in [2.05, 4.69) is 10.4 Å². The summed E-state index contributed by atoms with van der Waals surface area (Å²) < 4.78 is 1.11. The largest absolute Gasteiger partial charge is 0.480 e. The lowest BCUT2D eigenvalue weighted by atomic mass is 10.1. The minimum absolute atomic E-state index is 0.260. The van der Waals surface area contributed by atoms with Gasteiger partial charge in [0, 0.05) is 6.07 Å². The number of aliphatic carboxylic acids is 1. The van der Waals surface area contributed by atoms with E-state index in [9.17, 15) is 14.4 Å². The highest BCUT2D eigenvalue weighted by Crippen LogP contribution is 2.16. The number of aromatic nitrogens is 2. The second-order valence-electron chi connectivity index (χ2n) is 5.30. The second kappa shape index (κ2) is 6.51. The molecule has 0 fully saturated rings. The van der Waals surface area contributed by atoms with E-state index in [4.69, 9.17) is 5.11 Å². The number of carbonyl (C=O) groups excluding carboxylic acids is 1. The second-order valence-corrected chi connectivity index (χ2v) is 5.30. The fourth-order valence-corrected chi connectivity index (χ4v) is 2.38. The van der Waals surface area contributed by atoms with E-state index >= 15 is 0 Å². The average molecular weight is 293 g/mol. The summed E-state index contributed by atoms with van der Waals surface area (Å²) in [5.74, 6) is -1.65. The van der Waals surface area contributed by atoms with E-state index < -0.39 is 17.9 Å². The Morgan fingerprint density at radius 3 is 2.81 bits per heavy atom. The lowest BCUT2D eigenvalue weighted by molar-refractivity contribution is -0.141. The number of rotatable bonds is 4. The van der Waals surface area contributed by atoms with Gasteiger partial charge in [-0.3, -0.25) is 14.4 Å². The quantitative estimate of drug-likeness (QED) is 0.767. The highest BCUT2D eigenvalue weighted by Gasteiger charge is 2.17. The number of fused-ring (bicyclic) bond motifs is 1. The molecule has 1 atom stereocenters. The van der Waals surface area contributed by atoms with E-state index in [-0.39, 0.29) is 12.1 Å². The Morgan fingerprint density at radius 2 is 2.10 bits per heavy atom. The van der Waals surface area contributed by atoms with Crippen LogP contribution >= 0.6 is 0 Å². The molecule has 2 rings (SSSR count). The Kier molecular flexibility index (Phi) is 4.72. The minimum atomic E-state index is -1.12. The number of nitrogens with one attached hydrogen (secondary N) is 1. The summed E-state index contributed by atoms with van der Waals surface area (Å²) in [6.07, 6.45) is 4.85. The first-order valence-electron chi connectivity index (χ1n) is 7.09. The van der Waals surface area contributed by atoms with Crippen molar-refractivity contribution in [2.75, 3.05) is 0 Å². The molecule has 0 aromatic carbocycles. The van der Waals surface area contributed by atoms with Crippen LogP contribution in [0.4, 0.5) is 0 Å². The van der Waals surface area contributed by atoms with Crippen molar-refractivity contribution < 1.29 is 14.7 Å². The van der Waals surface area contributed by atoms with Gasteiger partial charge in [-0.2, -0.15) is 5.10 Å². The predicted octanol–water partition coefficient (Wildman–Crippen LogP) is 0.101. The molecular formula is C14H19N3O4. The molecule has 7 heteroatoms. The maximum Gasteiger partial charge on any atom is 0.325 e. The summed E-state index contributed by atoms with van der Waals surface area (Å²) in [5.41, 5.74) is 1.51. The van der Waals surface area contributed by atoms with Gasteiger partial charge in [-0.05, 0) is 38.2 Å². The minimum Gasteiger partial charge on any atom is -0.480 e. The van der Waals surface area contributed by atoms with Crippen LogP contribution in [0.15, 0.2) is 10.9 Å². The van der Waals surface area contributed by atoms with Gasteiger partial charge in [-0.15, -0.1) is 0 Å². The topological polar surface area (TPSA) is 101 Å². The van der Waals surface area contributed by atoms with Crippen LogP contribution in [0.3, 0.4) is 0 Å². The van der Waals surface area contributed by atoms with Crippen LogP contribution < -0.4 is 10.9 Å². The number of aryl methyl sites for hydroxylation is 2. The van der Waals surface area contributed by atoms with Crippen molar-refractivity contribution in [3.8, 4) is 0 Å². The molecule has 0 aliphatic heterocycles. The van der Waals surface area contributed by atoms with Gasteiger partial charge in [0.2, 0.25) is 5.91 Å². The fourth-order valence-electron chi connectivity index (χ4n) is 2.38. The van der Waals surface area contributed by atoms with Crippen LogP contribution in [0.25, 0.3) is 0 Å². The number of hydrogen-bond acceptors (Lipinski definition) is 4. The zero-order valence-electron chi connectivity index (χ0n) is 12.0. The maximum atomic E-state index is 12.0. The molecule has 1 heterocycles. The third kappa shape index (κ3) is 3.90. The maximum absolute atomic E-state index is 12.0. The number of nitrogens with zero attached hydrogens (tertiary/aromatic N) is 2. The van der Waals surface area contributed by atoms with Crippen molar-refractivity contribution in [2.45, 2.75) is 51.6 Å². The molecule has 21 heavy (non-hydrogen) atoms. The Hall–Kier alpha value is -2.18. The van der Waals surface area contributed by atoms with Crippen LogP contribution in [-0.2, 0) is 29.0 Å². The highest BCUT2D eigenvalue weighted by atomic mass is 16.4. The molecule has 0 spiro atoms. The zero-order chi connectivity index (χ0) is 15.4. The Labute approximate surface area is 122 Å². The molecule has 1 aromatic rings. The summed E-state index contributed by atoms with van der Waals surface area (Å²) in [5, 5.41) is 15.3. The van der Waals surface area contributed by atoms with Crippen molar-refractivity contribution in [2.24, 2.45) is 0 Å². The highest BCUT2D eigenvalue weighted by molar-refractivity contribution is 5.82. The molecule has 0 bridgehead atoms. The first kappa shape index (κ1) is 15.2. The van der Waals surface area contributed by atoms with Crippen molar-refractivity contribution in [3.63, 3.8) is 0 Å². The molecule has 1 aliphatic rings. The molecule has 7 nitrogen and oxygen atoms in total. The van der Waals surface area contributed by atoms with E-state index in [1.807, 2.05) is 0 Å². The summed E-state index contributed by atoms with van der Waals surface area (Å²) in [6, 6.07) is 0.552. The Balaban J connectivity index is 2.13. The average Bonchev–Trinajstić information content (AvgIpc) is 2.63. The van der Waals surface area contributed by atoms with Gasteiger partial charge in [0.15, 0.2) is 0 Å². The lowest BCUT2D eigenvalue weighted by Gasteiger charge is -2.12. The molecule has 0 saturated carbocycles. The Morgan fingerprint density at radius 1 is 1.38 bits per heavy atom. The van der Waals surface area contributed by atoms with Crippen LogP contribution in [0.2, 0.25) is 0 Å². The van der Waals surface area contributed by atoms with Gasteiger partial charge >= 0.3 is 5.97 Å². The molecule has 0 radical (unpaired) electrons. The van der Waals surface area contributed by atoms with E-state index in [1.165, 1.54) is 6.92 Å². The van der Waals surface area contributed by atoms with Gasteiger partial charge in [0.25, 0.3) is 5.56 Å². The van der Waals surface area contributed by atoms with Gasteiger partial charge in [0.05, 0.1) is 5.69 Å². The summed E-state index contributed by atoms with van der Waals surface area (Å²) in [4.78, 5) is 34.4. The van der Waals surface area contributed by atoms with E-state index in [0.29, 0.717) is 0 Å². The number of carbonyl (C=O) groups is 2. The van der Waals surface area contributed by atoms with Gasteiger partial charge in [-0.25, -0.2) is 4.68 Å². The standard InChI is InChI=1S/C14H19N3O4/c1-9(14(20)21)15-12(18)8-17-13(19)7-10-5-3-2-4-6-11(10)16-17/h7,9H,2-6,8H2,1H3,(H,15,18)(H,20,21). The lowest BCUT2D eigenvalue weighted by Crippen LogP contribution is -2.42. The monoisotopic (exact) mass is 293 g/mol. The molecule has 1 amide bonds. The molecule has 1 aromatic heterocycles. The molecular weight excluding hydrogens is 274 g/mol. The molecule has 2 N–H and O–H groups in total. The normalized spacial score (nSPS) is 15.7. The number of hydrogen-bond donors (Lipinski definition) is 2. The van der Waals surface area contributed by atoms with Crippen molar-refractivity contribution in [1.29, 1.82) is 0 Å². The van der Waals surface area contributed by atoms with Crippen LogP contribution in [0, 0.1) is 0 Å². The third-order valence-corrected chi connectivity index (χ3v) is 3.57. The SMILES string of the molecule is CC(NC(=O)Cn1nc2c(cc1=O)CCCCC2)C(=O)O. The van der Waals surface area contributed by atoms with Crippen molar-refractivity contribution in [1.82, 2.24) is 15.1 Å². The van der Waals surface area contributed by atoms with Crippen LogP contribution in [0.1, 0.15) is 37.4 Å². The van der Waals surface area contributed by atoms with Crippen molar-refractivity contribution >= 4 is 11.9 Å². The molecule has 1 unspecified atom stereocenters. The smallest absolute Gasteiger partial charge is 0.325 e. The third-order valence-electron chi connectivity index (χ3n) is 3.57.